The van der Waals surface area contributed by atoms with Crippen molar-refractivity contribution in [2.75, 3.05) is 6.54 Å². The summed E-state index contributed by atoms with van der Waals surface area (Å²) in [6.45, 7) is 7.28. The molecule has 0 radical (unpaired) electrons. The number of amides is 1. The summed E-state index contributed by atoms with van der Waals surface area (Å²) in [5, 5.41) is 6.43. The average Bonchev–Trinajstić information content (AvgIpc) is 2.38. The van der Waals surface area contributed by atoms with Crippen molar-refractivity contribution in [3.8, 4) is 0 Å². The van der Waals surface area contributed by atoms with Gasteiger partial charge in [0.15, 0.2) is 0 Å². The van der Waals surface area contributed by atoms with E-state index in [1.165, 1.54) is 23.1 Å². The lowest BCUT2D eigenvalue weighted by Crippen LogP contribution is -2.49. The van der Waals surface area contributed by atoms with Gasteiger partial charge in [-0.25, -0.2) is 0 Å². The summed E-state index contributed by atoms with van der Waals surface area (Å²) >= 11 is 0. The fourth-order valence-corrected chi connectivity index (χ4v) is 3.01. The number of piperidine rings is 1. The highest BCUT2D eigenvalue weighted by atomic mass is 16.2. The molecule has 1 aliphatic rings. The molecule has 0 saturated carbocycles. The molecule has 1 heterocycles. The molecule has 1 saturated heterocycles. The maximum atomic E-state index is 12.2. The zero-order valence-corrected chi connectivity index (χ0v) is 12.8. The van der Waals surface area contributed by atoms with Crippen LogP contribution in [0.1, 0.15) is 42.9 Å². The minimum atomic E-state index is 0.00504. The van der Waals surface area contributed by atoms with Gasteiger partial charge in [0.2, 0.25) is 5.91 Å². The third-order valence-electron chi connectivity index (χ3n) is 3.84. The highest BCUT2D eigenvalue weighted by Crippen LogP contribution is 2.12. The maximum Gasteiger partial charge on any atom is 0.237 e. The molecule has 3 heteroatoms. The minimum absolute atomic E-state index is 0.00504. The van der Waals surface area contributed by atoms with Crippen LogP contribution in [0.2, 0.25) is 0 Å². The number of hydrogen-bond donors (Lipinski definition) is 2. The Balaban J connectivity index is 1.88. The van der Waals surface area contributed by atoms with Crippen molar-refractivity contribution >= 4 is 5.91 Å². The summed E-state index contributed by atoms with van der Waals surface area (Å²) < 4.78 is 0. The monoisotopic (exact) mass is 274 g/mol. The molecule has 3 nitrogen and oxygen atoms in total. The summed E-state index contributed by atoms with van der Waals surface area (Å²) in [6, 6.07) is 6.76. The van der Waals surface area contributed by atoms with E-state index in [9.17, 15) is 4.79 Å². The van der Waals surface area contributed by atoms with Crippen LogP contribution < -0.4 is 10.6 Å². The molecule has 1 aromatic carbocycles. The first kappa shape index (κ1) is 15.0. The van der Waals surface area contributed by atoms with Crippen molar-refractivity contribution in [2.45, 2.75) is 58.5 Å². The Kier molecular flexibility index (Phi) is 5.18. The molecule has 1 amide bonds. The second-order valence-electron chi connectivity index (χ2n) is 6.11. The third-order valence-corrected chi connectivity index (χ3v) is 3.84. The zero-order valence-electron chi connectivity index (χ0n) is 12.8. The Labute approximate surface area is 122 Å². The maximum absolute atomic E-state index is 12.2. The van der Waals surface area contributed by atoms with Gasteiger partial charge >= 0.3 is 0 Å². The Morgan fingerprint density at radius 2 is 2.00 bits per heavy atom. The van der Waals surface area contributed by atoms with Crippen LogP contribution in [0.25, 0.3) is 0 Å². The first-order valence-corrected chi connectivity index (χ1v) is 7.65. The van der Waals surface area contributed by atoms with Gasteiger partial charge in [-0.15, -0.1) is 0 Å². The van der Waals surface area contributed by atoms with Gasteiger partial charge in [0.05, 0.1) is 6.04 Å². The Hall–Kier alpha value is -1.35. The molecule has 2 N–H and O–H groups in total. The van der Waals surface area contributed by atoms with Gasteiger partial charge in [-0.2, -0.15) is 0 Å². The van der Waals surface area contributed by atoms with Crippen LogP contribution in [0.4, 0.5) is 0 Å². The lowest BCUT2D eigenvalue weighted by atomic mass is 10.0. The number of carbonyl (C=O) groups is 1. The van der Waals surface area contributed by atoms with E-state index in [0.717, 1.165) is 25.8 Å². The summed E-state index contributed by atoms with van der Waals surface area (Å²) in [7, 11) is 0. The topological polar surface area (TPSA) is 41.1 Å². The average molecular weight is 274 g/mol. The standard InChI is InChI=1S/C17H26N2O/c1-12-8-13(2)10-15(9-12)11-14(3)19-17(20)16-6-4-5-7-18-16/h8-10,14,16,18H,4-7,11H2,1-3H3,(H,19,20). The number of rotatable bonds is 4. The Morgan fingerprint density at radius 3 is 2.60 bits per heavy atom. The second kappa shape index (κ2) is 6.89. The predicted molar refractivity (Wildman–Crippen MR) is 82.9 cm³/mol. The van der Waals surface area contributed by atoms with E-state index in [2.05, 4.69) is 49.6 Å². The highest BCUT2D eigenvalue weighted by molar-refractivity contribution is 5.82. The van der Waals surface area contributed by atoms with Gasteiger partial charge in [-0.05, 0) is 52.1 Å². The van der Waals surface area contributed by atoms with E-state index in [4.69, 9.17) is 0 Å². The molecule has 0 aliphatic carbocycles. The molecule has 2 rings (SSSR count). The molecular weight excluding hydrogens is 248 g/mol. The van der Waals surface area contributed by atoms with Crippen LogP contribution in [-0.4, -0.2) is 24.5 Å². The van der Waals surface area contributed by atoms with Crippen LogP contribution >= 0.6 is 0 Å². The second-order valence-corrected chi connectivity index (χ2v) is 6.11. The molecule has 0 aromatic heterocycles. The van der Waals surface area contributed by atoms with Crippen LogP contribution in [0, 0.1) is 13.8 Å². The van der Waals surface area contributed by atoms with Gasteiger partial charge in [0.1, 0.15) is 0 Å². The molecule has 1 fully saturated rings. The summed E-state index contributed by atoms with van der Waals surface area (Å²) in [5.41, 5.74) is 3.87. The van der Waals surface area contributed by atoms with Gasteiger partial charge < -0.3 is 10.6 Å². The van der Waals surface area contributed by atoms with Crippen LogP contribution in [0.3, 0.4) is 0 Å². The van der Waals surface area contributed by atoms with Crippen molar-refractivity contribution in [3.63, 3.8) is 0 Å². The minimum Gasteiger partial charge on any atom is -0.352 e. The first-order chi connectivity index (χ1) is 9.54. The van der Waals surface area contributed by atoms with Crippen molar-refractivity contribution in [1.29, 1.82) is 0 Å². The quantitative estimate of drug-likeness (QED) is 0.885. The lowest BCUT2D eigenvalue weighted by Gasteiger charge is -2.24. The highest BCUT2D eigenvalue weighted by Gasteiger charge is 2.21. The number of hydrogen-bond acceptors (Lipinski definition) is 2. The predicted octanol–water partition coefficient (Wildman–Crippen LogP) is 2.49. The molecule has 0 spiro atoms. The van der Waals surface area contributed by atoms with Gasteiger partial charge in [-0.3, -0.25) is 4.79 Å². The Bertz CT molecular complexity index is 444. The molecular formula is C17H26N2O. The largest absolute Gasteiger partial charge is 0.352 e. The number of aryl methyl sites for hydroxylation is 2. The van der Waals surface area contributed by atoms with E-state index < -0.39 is 0 Å². The smallest absolute Gasteiger partial charge is 0.237 e. The van der Waals surface area contributed by atoms with Gasteiger partial charge in [-0.1, -0.05) is 35.7 Å². The zero-order chi connectivity index (χ0) is 14.5. The first-order valence-electron chi connectivity index (χ1n) is 7.65. The van der Waals surface area contributed by atoms with Crippen LogP contribution in [0.5, 0.6) is 0 Å². The molecule has 110 valence electrons. The lowest BCUT2D eigenvalue weighted by molar-refractivity contribution is -0.124. The molecule has 2 unspecified atom stereocenters. The van der Waals surface area contributed by atoms with Crippen molar-refractivity contribution < 1.29 is 4.79 Å². The van der Waals surface area contributed by atoms with Gasteiger partial charge in [0, 0.05) is 6.04 Å². The number of benzene rings is 1. The summed E-state index contributed by atoms with van der Waals surface area (Å²) in [5.74, 6) is 0.154. The van der Waals surface area contributed by atoms with Crippen molar-refractivity contribution in [2.24, 2.45) is 0 Å². The molecule has 1 aliphatic heterocycles. The number of nitrogens with one attached hydrogen (secondary N) is 2. The molecule has 20 heavy (non-hydrogen) atoms. The molecule has 0 bridgehead atoms. The Morgan fingerprint density at radius 1 is 1.30 bits per heavy atom. The fourth-order valence-electron chi connectivity index (χ4n) is 3.01. The summed E-state index contributed by atoms with van der Waals surface area (Å²) in [4.78, 5) is 12.2. The van der Waals surface area contributed by atoms with E-state index in [1.807, 2.05) is 0 Å². The van der Waals surface area contributed by atoms with E-state index >= 15 is 0 Å². The van der Waals surface area contributed by atoms with E-state index in [1.54, 1.807) is 0 Å². The fraction of sp³-hybridized carbons (Fsp3) is 0.588. The van der Waals surface area contributed by atoms with Crippen molar-refractivity contribution in [3.05, 3.63) is 34.9 Å². The van der Waals surface area contributed by atoms with Crippen LogP contribution in [-0.2, 0) is 11.2 Å². The molecule has 2 atom stereocenters. The van der Waals surface area contributed by atoms with Crippen molar-refractivity contribution in [1.82, 2.24) is 10.6 Å². The number of carbonyl (C=O) groups excluding carboxylic acids is 1. The van der Waals surface area contributed by atoms with E-state index in [-0.39, 0.29) is 18.0 Å². The van der Waals surface area contributed by atoms with E-state index in [0.29, 0.717) is 0 Å². The van der Waals surface area contributed by atoms with Gasteiger partial charge in [0.25, 0.3) is 0 Å². The van der Waals surface area contributed by atoms with Crippen LogP contribution in [0.15, 0.2) is 18.2 Å². The summed E-state index contributed by atoms with van der Waals surface area (Å²) in [6.07, 6.45) is 4.18. The normalized spacial score (nSPS) is 20.4. The third kappa shape index (κ3) is 4.34. The molecule has 1 aromatic rings. The SMILES string of the molecule is Cc1cc(C)cc(CC(C)NC(=O)C2CCCCN2)c1.